The Labute approximate surface area is 183 Å². The van der Waals surface area contributed by atoms with Crippen molar-refractivity contribution in [3.63, 3.8) is 0 Å². The van der Waals surface area contributed by atoms with Gasteiger partial charge < -0.3 is 10.2 Å². The first kappa shape index (κ1) is 19.7. The van der Waals surface area contributed by atoms with Gasteiger partial charge in [-0.3, -0.25) is 14.5 Å². The standard InChI is InChI=1S/C23H22N4O3S/c24-23(29)19-11-15-5-1-2-6-16(15)13-26(19)14-22(28)27-18(20-7-3-9-30-20)12-17(25-27)21-8-4-10-31-21/h1-10,18-19H,11-14H2,(H2,24,29)/t18-,19-/m0/s1. The second-order valence-corrected chi connectivity index (χ2v) is 8.74. The van der Waals surface area contributed by atoms with Crippen LogP contribution in [-0.2, 0) is 22.6 Å². The van der Waals surface area contributed by atoms with Gasteiger partial charge in [-0.25, -0.2) is 5.01 Å². The molecule has 0 bridgehead atoms. The molecule has 2 N–H and O–H groups in total. The van der Waals surface area contributed by atoms with Crippen molar-refractivity contribution in [1.82, 2.24) is 9.91 Å². The number of rotatable bonds is 5. The highest BCUT2D eigenvalue weighted by Gasteiger charge is 2.38. The van der Waals surface area contributed by atoms with Crippen LogP contribution in [0, 0.1) is 0 Å². The smallest absolute Gasteiger partial charge is 0.257 e. The van der Waals surface area contributed by atoms with Crippen molar-refractivity contribution in [1.29, 1.82) is 0 Å². The van der Waals surface area contributed by atoms with Crippen LogP contribution >= 0.6 is 11.3 Å². The topological polar surface area (TPSA) is 92.1 Å². The van der Waals surface area contributed by atoms with E-state index in [0.717, 1.165) is 21.7 Å². The summed E-state index contributed by atoms with van der Waals surface area (Å²) in [6, 6.07) is 14.8. The SMILES string of the molecule is NC(=O)[C@@H]1Cc2ccccc2CN1CC(=O)N1N=C(c2cccs2)C[C@H]1c1ccco1. The van der Waals surface area contributed by atoms with Crippen LogP contribution in [0.2, 0.25) is 0 Å². The van der Waals surface area contributed by atoms with Crippen molar-refractivity contribution in [2.45, 2.75) is 31.5 Å². The van der Waals surface area contributed by atoms with Gasteiger partial charge in [0.1, 0.15) is 11.8 Å². The molecule has 0 spiro atoms. The molecule has 2 atom stereocenters. The van der Waals surface area contributed by atoms with Crippen LogP contribution in [0.3, 0.4) is 0 Å². The molecule has 3 aromatic rings. The van der Waals surface area contributed by atoms with Crippen LogP contribution in [0.4, 0.5) is 0 Å². The molecule has 0 saturated carbocycles. The third-order valence-corrected chi connectivity index (χ3v) is 6.77. The maximum absolute atomic E-state index is 13.4. The monoisotopic (exact) mass is 434 g/mol. The van der Waals surface area contributed by atoms with E-state index in [1.807, 2.05) is 58.8 Å². The van der Waals surface area contributed by atoms with Crippen molar-refractivity contribution >= 4 is 28.9 Å². The zero-order valence-electron chi connectivity index (χ0n) is 16.8. The Balaban J connectivity index is 1.41. The Kier molecular flexibility index (Phi) is 5.17. The van der Waals surface area contributed by atoms with Crippen molar-refractivity contribution in [2.24, 2.45) is 10.8 Å². The molecular formula is C23H22N4O3S. The summed E-state index contributed by atoms with van der Waals surface area (Å²) in [7, 11) is 0. The Bertz CT molecular complexity index is 1120. The average molecular weight is 435 g/mol. The number of hydrazone groups is 1. The van der Waals surface area contributed by atoms with Crippen LogP contribution in [0.25, 0.3) is 0 Å². The van der Waals surface area contributed by atoms with Crippen LogP contribution in [0.15, 0.2) is 69.7 Å². The second-order valence-electron chi connectivity index (χ2n) is 7.79. The Morgan fingerprint density at radius 3 is 2.65 bits per heavy atom. The number of carbonyl (C=O) groups excluding carboxylic acids is 2. The lowest BCUT2D eigenvalue weighted by molar-refractivity contribution is -0.136. The molecule has 2 aliphatic rings. The van der Waals surface area contributed by atoms with Gasteiger partial charge in [0.2, 0.25) is 5.91 Å². The molecule has 2 amide bonds. The van der Waals surface area contributed by atoms with Gasteiger partial charge in [0.25, 0.3) is 5.91 Å². The normalized spacial score (nSPS) is 21.0. The fourth-order valence-corrected chi connectivity index (χ4v) is 5.03. The van der Waals surface area contributed by atoms with E-state index in [9.17, 15) is 9.59 Å². The number of hydrogen-bond acceptors (Lipinski definition) is 6. The van der Waals surface area contributed by atoms with E-state index in [1.165, 1.54) is 5.01 Å². The van der Waals surface area contributed by atoms with E-state index in [4.69, 9.17) is 10.2 Å². The van der Waals surface area contributed by atoms with Gasteiger partial charge in [-0.2, -0.15) is 5.10 Å². The van der Waals surface area contributed by atoms with Crippen molar-refractivity contribution < 1.29 is 14.0 Å². The molecule has 0 saturated heterocycles. The van der Waals surface area contributed by atoms with Crippen LogP contribution in [0.1, 0.15) is 34.2 Å². The highest BCUT2D eigenvalue weighted by atomic mass is 32.1. The number of carbonyl (C=O) groups is 2. The van der Waals surface area contributed by atoms with Crippen LogP contribution in [-0.4, -0.2) is 40.0 Å². The lowest BCUT2D eigenvalue weighted by atomic mass is 9.93. The van der Waals surface area contributed by atoms with Crippen molar-refractivity contribution in [3.8, 4) is 0 Å². The summed E-state index contributed by atoms with van der Waals surface area (Å²) in [6.07, 6.45) is 2.69. The zero-order valence-corrected chi connectivity index (χ0v) is 17.6. The molecule has 158 valence electrons. The molecule has 31 heavy (non-hydrogen) atoms. The summed E-state index contributed by atoms with van der Waals surface area (Å²) in [5.41, 5.74) is 8.76. The van der Waals surface area contributed by atoms with Gasteiger partial charge in [0, 0.05) is 13.0 Å². The average Bonchev–Trinajstić information content (AvgIpc) is 3.54. The maximum atomic E-state index is 13.4. The van der Waals surface area contributed by atoms with Gasteiger partial charge in [-0.15, -0.1) is 11.3 Å². The summed E-state index contributed by atoms with van der Waals surface area (Å²) >= 11 is 1.59. The Hall–Kier alpha value is -3.23. The molecule has 2 aliphatic heterocycles. The van der Waals surface area contributed by atoms with Gasteiger partial charge in [0.15, 0.2) is 0 Å². The van der Waals surface area contributed by atoms with E-state index in [-0.39, 0.29) is 18.5 Å². The van der Waals surface area contributed by atoms with Crippen molar-refractivity contribution in [3.05, 3.63) is 81.9 Å². The largest absolute Gasteiger partial charge is 0.467 e. The number of hydrogen-bond donors (Lipinski definition) is 1. The predicted octanol–water partition coefficient (Wildman–Crippen LogP) is 2.93. The molecule has 7 nitrogen and oxygen atoms in total. The fraction of sp³-hybridized carbons (Fsp3) is 0.261. The minimum atomic E-state index is -0.524. The molecule has 0 radical (unpaired) electrons. The number of nitrogens with zero attached hydrogens (tertiary/aromatic N) is 3. The Morgan fingerprint density at radius 1 is 1.10 bits per heavy atom. The number of nitrogens with two attached hydrogens (primary N) is 1. The van der Waals surface area contributed by atoms with E-state index < -0.39 is 11.9 Å². The fourth-order valence-electron chi connectivity index (χ4n) is 4.30. The zero-order chi connectivity index (χ0) is 21.4. The van der Waals surface area contributed by atoms with Gasteiger partial charge >= 0.3 is 0 Å². The highest BCUT2D eigenvalue weighted by Crippen LogP contribution is 2.34. The summed E-state index contributed by atoms with van der Waals surface area (Å²) in [5.74, 6) is 0.0896. The van der Waals surface area contributed by atoms with Gasteiger partial charge in [0.05, 0.1) is 29.4 Å². The lowest BCUT2D eigenvalue weighted by Gasteiger charge is -2.35. The first-order valence-corrected chi connectivity index (χ1v) is 11.0. The van der Waals surface area contributed by atoms with Crippen LogP contribution < -0.4 is 5.73 Å². The van der Waals surface area contributed by atoms with E-state index >= 15 is 0 Å². The summed E-state index contributed by atoms with van der Waals surface area (Å²) < 4.78 is 5.61. The number of furan rings is 1. The number of benzene rings is 1. The van der Waals surface area contributed by atoms with Gasteiger partial charge in [-0.1, -0.05) is 30.3 Å². The number of fused-ring (bicyclic) bond motifs is 1. The second kappa shape index (κ2) is 8.13. The minimum Gasteiger partial charge on any atom is -0.467 e. The molecule has 1 aromatic carbocycles. The summed E-state index contributed by atoms with van der Waals surface area (Å²) in [6.45, 7) is 0.552. The van der Waals surface area contributed by atoms with E-state index in [0.29, 0.717) is 25.1 Å². The number of thiophene rings is 1. The Morgan fingerprint density at radius 2 is 1.94 bits per heavy atom. The first-order valence-electron chi connectivity index (χ1n) is 10.2. The first-order chi connectivity index (χ1) is 15.1. The molecule has 0 aliphatic carbocycles. The van der Waals surface area contributed by atoms with E-state index in [2.05, 4.69) is 5.10 Å². The highest BCUT2D eigenvalue weighted by molar-refractivity contribution is 7.12. The third kappa shape index (κ3) is 3.80. The molecular weight excluding hydrogens is 412 g/mol. The third-order valence-electron chi connectivity index (χ3n) is 5.86. The lowest BCUT2D eigenvalue weighted by Crippen LogP contribution is -2.51. The molecule has 8 heteroatoms. The summed E-state index contributed by atoms with van der Waals surface area (Å²) in [5, 5.41) is 8.15. The molecule has 0 unspecified atom stereocenters. The molecule has 0 fully saturated rings. The van der Waals surface area contributed by atoms with E-state index in [1.54, 1.807) is 17.6 Å². The van der Waals surface area contributed by atoms with Crippen LogP contribution in [0.5, 0.6) is 0 Å². The minimum absolute atomic E-state index is 0.0559. The van der Waals surface area contributed by atoms with Crippen molar-refractivity contribution in [2.75, 3.05) is 6.54 Å². The molecule has 2 aromatic heterocycles. The number of amides is 2. The van der Waals surface area contributed by atoms with Gasteiger partial charge in [-0.05, 0) is 41.1 Å². The maximum Gasteiger partial charge on any atom is 0.257 e. The molecule has 4 heterocycles. The number of primary amides is 1. The molecule has 5 rings (SSSR count). The quantitative estimate of drug-likeness (QED) is 0.668. The predicted molar refractivity (Wildman–Crippen MR) is 117 cm³/mol. The summed E-state index contributed by atoms with van der Waals surface area (Å²) in [4.78, 5) is 28.4.